The normalized spacial score (nSPS) is 17.5. The molecule has 1 N–H and O–H groups in total. The van der Waals surface area contributed by atoms with Crippen LogP contribution in [0.5, 0.6) is 0 Å². The number of nitrogens with zero attached hydrogens (tertiary/aromatic N) is 3. The maximum absolute atomic E-state index is 13.0. The SMILES string of the molecule is C=C/C=C(\C)CN1Cc2cc(CN3CCC(n4c(=O)[nH]c5ccccc54)CC3)cc(C)c2C1=O. The predicted octanol–water partition coefficient (Wildman–Crippen LogP) is 4.56. The monoisotopic (exact) mass is 456 g/mol. The third-order valence-corrected chi connectivity index (χ3v) is 7.13. The van der Waals surface area contributed by atoms with Gasteiger partial charge in [-0.2, -0.15) is 0 Å². The largest absolute Gasteiger partial charge is 0.330 e. The topological polar surface area (TPSA) is 61.3 Å². The number of aromatic nitrogens is 2. The van der Waals surface area contributed by atoms with Crippen LogP contribution >= 0.6 is 0 Å². The molecule has 1 aromatic heterocycles. The van der Waals surface area contributed by atoms with E-state index in [-0.39, 0.29) is 17.6 Å². The number of amides is 1. The van der Waals surface area contributed by atoms with Crippen LogP contribution in [0, 0.1) is 6.92 Å². The summed E-state index contributed by atoms with van der Waals surface area (Å²) in [6.07, 6.45) is 5.63. The van der Waals surface area contributed by atoms with Gasteiger partial charge in [-0.3, -0.25) is 14.3 Å². The van der Waals surface area contributed by atoms with Crippen LogP contribution in [0.4, 0.5) is 0 Å². The van der Waals surface area contributed by atoms with Crippen LogP contribution in [0.25, 0.3) is 11.0 Å². The summed E-state index contributed by atoms with van der Waals surface area (Å²) in [4.78, 5) is 32.9. The molecule has 1 saturated heterocycles. The lowest BCUT2D eigenvalue weighted by Crippen LogP contribution is -2.36. The van der Waals surface area contributed by atoms with Gasteiger partial charge in [-0.25, -0.2) is 4.79 Å². The number of nitrogens with one attached hydrogen (secondary N) is 1. The molecule has 6 heteroatoms. The van der Waals surface area contributed by atoms with Crippen LogP contribution < -0.4 is 5.69 Å². The number of allylic oxidation sites excluding steroid dienone is 2. The summed E-state index contributed by atoms with van der Waals surface area (Å²) in [7, 11) is 0. The minimum atomic E-state index is -0.0127. The highest BCUT2D eigenvalue weighted by atomic mass is 16.2. The van der Waals surface area contributed by atoms with Gasteiger partial charge in [0.2, 0.25) is 0 Å². The Balaban J connectivity index is 1.26. The van der Waals surface area contributed by atoms with Crippen LogP contribution in [0.15, 0.2) is 65.5 Å². The minimum Gasteiger partial charge on any atom is -0.330 e. The van der Waals surface area contributed by atoms with Gasteiger partial charge >= 0.3 is 5.69 Å². The van der Waals surface area contributed by atoms with Crippen molar-refractivity contribution < 1.29 is 4.79 Å². The zero-order chi connectivity index (χ0) is 23.8. The van der Waals surface area contributed by atoms with Gasteiger partial charge in [-0.15, -0.1) is 0 Å². The summed E-state index contributed by atoms with van der Waals surface area (Å²) in [5.74, 6) is 0.126. The second-order valence-electron chi connectivity index (χ2n) is 9.68. The summed E-state index contributed by atoms with van der Waals surface area (Å²) < 4.78 is 1.94. The molecule has 2 aliphatic heterocycles. The van der Waals surface area contributed by atoms with Crippen molar-refractivity contribution in [2.75, 3.05) is 19.6 Å². The molecule has 3 heterocycles. The number of rotatable bonds is 6. The molecule has 0 bridgehead atoms. The van der Waals surface area contributed by atoms with Crippen LogP contribution in [0.1, 0.15) is 52.9 Å². The summed E-state index contributed by atoms with van der Waals surface area (Å²) in [5, 5.41) is 0. The van der Waals surface area contributed by atoms with Crippen molar-refractivity contribution in [1.82, 2.24) is 19.4 Å². The van der Waals surface area contributed by atoms with Gasteiger partial charge in [-0.05, 0) is 55.5 Å². The molecule has 1 amide bonds. The zero-order valence-corrected chi connectivity index (χ0v) is 20.0. The summed E-state index contributed by atoms with van der Waals surface area (Å²) >= 11 is 0. The Bertz CT molecular complexity index is 1340. The Labute approximate surface area is 200 Å². The smallest absolute Gasteiger partial charge is 0.326 e. The Hall–Kier alpha value is -3.38. The summed E-state index contributed by atoms with van der Waals surface area (Å²) in [6.45, 7) is 11.9. The molecular weight excluding hydrogens is 424 g/mol. The van der Waals surface area contributed by atoms with E-state index in [0.717, 1.165) is 65.8 Å². The van der Waals surface area contributed by atoms with Crippen LogP contribution in [-0.4, -0.2) is 44.9 Å². The number of carbonyl (C=O) groups excluding carboxylic acids is 1. The van der Waals surface area contributed by atoms with Gasteiger partial charge in [-0.1, -0.05) is 48.6 Å². The second-order valence-corrected chi connectivity index (χ2v) is 9.68. The second kappa shape index (κ2) is 9.11. The lowest BCUT2D eigenvalue weighted by atomic mass is 9.99. The molecule has 2 aliphatic rings. The van der Waals surface area contributed by atoms with Crippen LogP contribution in [0.3, 0.4) is 0 Å². The number of aryl methyl sites for hydroxylation is 1. The molecule has 1 fully saturated rings. The molecule has 6 nitrogen and oxygen atoms in total. The molecule has 0 unspecified atom stereocenters. The van der Waals surface area contributed by atoms with Crippen LogP contribution in [-0.2, 0) is 13.1 Å². The van der Waals surface area contributed by atoms with E-state index in [0.29, 0.717) is 13.1 Å². The molecule has 2 aromatic carbocycles. The zero-order valence-electron chi connectivity index (χ0n) is 20.0. The maximum atomic E-state index is 13.0. The van der Waals surface area contributed by atoms with E-state index in [4.69, 9.17) is 0 Å². The van der Waals surface area contributed by atoms with Crippen molar-refractivity contribution in [1.29, 1.82) is 0 Å². The fourth-order valence-corrected chi connectivity index (χ4v) is 5.61. The number of H-pyrrole nitrogens is 1. The molecular formula is C28H32N4O2. The van der Waals surface area contributed by atoms with E-state index in [1.807, 2.05) is 53.7 Å². The molecule has 0 atom stereocenters. The van der Waals surface area contributed by atoms with Crippen LogP contribution in [0.2, 0.25) is 0 Å². The number of hydrogen-bond acceptors (Lipinski definition) is 3. The van der Waals surface area contributed by atoms with E-state index < -0.39 is 0 Å². The van der Waals surface area contributed by atoms with Gasteiger partial charge in [0.05, 0.1) is 11.0 Å². The van der Waals surface area contributed by atoms with Crippen molar-refractivity contribution in [2.24, 2.45) is 0 Å². The number of imidazole rings is 1. The van der Waals surface area contributed by atoms with Crippen molar-refractivity contribution in [2.45, 2.75) is 45.8 Å². The molecule has 0 aliphatic carbocycles. The van der Waals surface area contributed by atoms with Crippen molar-refractivity contribution in [3.63, 3.8) is 0 Å². The highest BCUT2D eigenvalue weighted by Gasteiger charge is 2.30. The number of hydrogen-bond donors (Lipinski definition) is 1. The first-order chi connectivity index (χ1) is 16.4. The highest BCUT2D eigenvalue weighted by molar-refractivity contribution is 6.00. The van der Waals surface area contributed by atoms with Crippen molar-refractivity contribution in [3.8, 4) is 0 Å². The van der Waals surface area contributed by atoms with E-state index in [1.165, 1.54) is 5.56 Å². The molecule has 176 valence electrons. The van der Waals surface area contributed by atoms with Crippen molar-refractivity contribution in [3.05, 3.63) is 93.4 Å². The first-order valence-corrected chi connectivity index (χ1v) is 12.1. The Morgan fingerprint density at radius 1 is 1.18 bits per heavy atom. The number of carbonyl (C=O) groups is 1. The van der Waals surface area contributed by atoms with E-state index >= 15 is 0 Å². The first-order valence-electron chi connectivity index (χ1n) is 12.1. The van der Waals surface area contributed by atoms with Crippen molar-refractivity contribution >= 4 is 16.9 Å². The number of benzene rings is 2. The first kappa shape index (κ1) is 22.4. The van der Waals surface area contributed by atoms with E-state index in [9.17, 15) is 9.59 Å². The van der Waals surface area contributed by atoms with Gasteiger partial charge in [0.25, 0.3) is 5.91 Å². The fourth-order valence-electron chi connectivity index (χ4n) is 5.61. The quantitative estimate of drug-likeness (QED) is 0.553. The Morgan fingerprint density at radius 2 is 1.94 bits per heavy atom. The van der Waals surface area contributed by atoms with Gasteiger partial charge in [0, 0.05) is 44.3 Å². The summed E-state index contributed by atoms with van der Waals surface area (Å²) in [6, 6.07) is 12.5. The number of aromatic amines is 1. The highest BCUT2D eigenvalue weighted by Crippen LogP contribution is 2.30. The average Bonchev–Trinajstić information content (AvgIpc) is 3.30. The number of para-hydroxylation sites is 2. The molecule has 5 rings (SSSR count). The number of likely N-dealkylation sites (tertiary alicyclic amines) is 1. The maximum Gasteiger partial charge on any atom is 0.326 e. The Kier molecular flexibility index (Phi) is 6.00. The van der Waals surface area contributed by atoms with Gasteiger partial charge in [0.1, 0.15) is 0 Å². The molecule has 3 aromatic rings. The van der Waals surface area contributed by atoms with Gasteiger partial charge < -0.3 is 9.88 Å². The fraction of sp³-hybridized carbons (Fsp3) is 0.357. The third kappa shape index (κ3) is 4.14. The predicted molar refractivity (Wildman–Crippen MR) is 136 cm³/mol. The lowest BCUT2D eigenvalue weighted by molar-refractivity contribution is 0.0792. The standard InChI is InChI=1S/C28H32N4O2/c1-4-7-19(2)16-31-18-22-15-21(14-20(3)26(22)27(31)33)17-30-12-10-23(11-13-30)32-25-9-6-5-8-24(25)29-28(32)34/h4-9,14-15,23H,1,10-13,16-18H2,2-3H3,(H,29,34)/b19-7+. The molecule has 0 radical (unpaired) electrons. The minimum absolute atomic E-state index is 0.0127. The number of fused-ring (bicyclic) bond motifs is 2. The number of piperidine rings is 1. The van der Waals surface area contributed by atoms with E-state index in [2.05, 4.69) is 28.6 Å². The molecule has 34 heavy (non-hydrogen) atoms. The molecule has 0 saturated carbocycles. The molecule has 0 spiro atoms. The summed E-state index contributed by atoms with van der Waals surface area (Å²) in [5.41, 5.74) is 7.33. The average molecular weight is 457 g/mol. The Morgan fingerprint density at radius 3 is 2.71 bits per heavy atom. The third-order valence-electron chi connectivity index (χ3n) is 7.13. The van der Waals surface area contributed by atoms with Gasteiger partial charge in [0.15, 0.2) is 0 Å². The lowest BCUT2D eigenvalue weighted by Gasteiger charge is -2.32. The van der Waals surface area contributed by atoms with E-state index in [1.54, 1.807) is 6.08 Å².